The van der Waals surface area contributed by atoms with Gasteiger partial charge in [0.15, 0.2) is 5.69 Å². The van der Waals surface area contributed by atoms with Gasteiger partial charge in [0.05, 0.1) is 18.8 Å². The molecular formula is C18H29N3O2. The summed E-state index contributed by atoms with van der Waals surface area (Å²) < 4.78 is 7.69. The molecule has 0 radical (unpaired) electrons. The first-order valence-electron chi connectivity index (χ1n) is 8.80. The third-order valence-corrected chi connectivity index (χ3v) is 5.14. The number of nitrogens with zero attached hydrogens (tertiary/aromatic N) is 3. The van der Waals surface area contributed by atoms with E-state index in [9.17, 15) is 4.79 Å². The van der Waals surface area contributed by atoms with Crippen molar-refractivity contribution in [1.82, 2.24) is 14.7 Å². The van der Waals surface area contributed by atoms with Crippen LogP contribution in [0.4, 0.5) is 0 Å². The number of hydrogen-bond donors (Lipinski definition) is 0. The van der Waals surface area contributed by atoms with E-state index in [1.54, 1.807) is 0 Å². The Labute approximate surface area is 139 Å². The van der Waals surface area contributed by atoms with Crippen molar-refractivity contribution >= 4 is 5.91 Å². The van der Waals surface area contributed by atoms with Crippen LogP contribution in [0.5, 0.6) is 0 Å². The van der Waals surface area contributed by atoms with E-state index >= 15 is 0 Å². The van der Waals surface area contributed by atoms with Gasteiger partial charge < -0.3 is 9.64 Å². The topological polar surface area (TPSA) is 47.4 Å². The van der Waals surface area contributed by atoms with Crippen molar-refractivity contribution in [3.8, 4) is 0 Å². The van der Waals surface area contributed by atoms with Gasteiger partial charge in [0.2, 0.25) is 0 Å². The Bertz CT molecular complexity index is 569. The van der Waals surface area contributed by atoms with Gasteiger partial charge in [-0.15, -0.1) is 0 Å². The largest absolute Gasteiger partial charge is 0.379 e. The first-order chi connectivity index (χ1) is 10.9. The van der Waals surface area contributed by atoms with Crippen LogP contribution in [0.25, 0.3) is 0 Å². The number of aromatic nitrogens is 2. The van der Waals surface area contributed by atoms with E-state index in [1.165, 1.54) is 19.3 Å². The maximum Gasteiger partial charge on any atom is 0.274 e. The molecule has 0 bridgehead atoms. The standard InChI is InChI=1S/C18H29N3O2/c1-13-10-16(19-21(13)18(2,3)4)17(22)20-8-9-23-12-15(11-20)14-6-5-7-14/h10,14-15H,5-9,11-12H2,1-4H3. The predicted molar refractivity (Wildman–Crippen MR) is 89.5 cm³/mol. The van der Waals surface area contributed by atoms with Crippen molar-refractivity contribution in [3.05, 3.63) is 17.5 Å². The Morgan fingerprint density at radius 1 is 1.30 bits per heavy atom. The van der Waals surface area contributed by atoms with Crippen molar-refractivity contribution in [3.63, 3.8) is 0 Å². The molecule has 2 aliphatic rings. The number of ether oxygens (including phenoxy) is 1. The van der Waals surface area contributed by atoms with E-state index in [0.717, 1.165) is 24.8 Å². The molecule has 1 aromatic heterocycles. The number of amides is 1. The summed E-state index contributed by atoms with van der Waals surface area (Å²) in [5, 5.41) is 4.58. The van der Waals surface area contributed by atoms with Crippen molar-refractivity contribution in [2.24, 2.45) is 11.8 Å². The van der Waals surface area contributed by atoms with Gasteiger partial charge in [0.1, 0.15) is 0 Å². The lowest BCUT2D eigenvalue weighted by Gasteiger charge is -2.34. The minimum Gasteiger partial charge on any atom is -0.379 e. The van der Waals surface area contributed by atoms with E-state index in [-0.39, 0.29) is 11.4 Å². The second-order valence-electron chi connectivity index (χ2n) is 8.03. The van der Waals surface area contributed by atoms with Crippen LogP contribution < -0.4 is 0 Å². The molecular weight excluding hydrogens is 290 g/mol. The van der Waals surface area contributed by atoms with Crippen molar-refractivity contribution in [2.75, 3.05) is 26.3 Å². The highest BCUT2D eigenvalue weighted by Gasteiger charge is 2.33. The Morgan fingerprint density at radius 2 is 2.04 bits per heavy atom. The van der Waals surface area contributed by atoms with Gasteiger partial charge >= 0.3 is 0 Å². The molecule has 23 heavy (non-hydrogen) atoms. The molecule has 1 aliphatic heterocycles. The molecule has 1 saturated heterocycles. The Morgan fingerprint density at radius 3 is 2.61 bits per heavy atom. The molecule has 5 nitrogen and oxygen atoms in total. The lowest BCUT2D eigenvalue weighted by Crippen LogP contribution is -2.39. The molecule has 1 aliphatic carbocycles. The lowest BCUT2D eigenvalue weighted by atomic mass is 9.76. The van der Waals surface area contributed by atoms with Gasteiger partial charge in [-0.1, -0.05) is 19.3 Å². The van der Waals surface area contributed by atoms with Crippen LogP contribution in [0.2, 0.25) is 0 Å². The zero-order valence-corrected chi connectivity index (χ0v) is 14.8. The van der Waals surface area contributed by atoms with E-state index < -0.39 is 0 Å². The molecule has 0 spiro atoms. The molecule has 5 heteroatoms. The molecule has 1 aromatic rings. The van der Waals surface area contributed by atoms with E-state index in [2.05, 4.69) is 25.9 Å². The van der Waals surface area contributed by atoms with Crippen molar-refractivity contribution in [2.45, 2.75) is 52.5 Å². The zero-order valence-electron chi connectivity index (χ0n) is 14.8. The molecule has 1 saturated carbocycles. The minimum atomic E-state index is -0.112. The van der Waals surface area contributed by atoms with Gasteiger partial charge in [0, 0.05) is 24.7 Å². The van der Waals surface area contributed by atoms with Crippen LogP contribution in [0.3, 0.4) is 0 Å². The number of carbonyl (C=O) groups excluding carboxylic acids is 1. The van der Waals surface area contributed by atoms with Crippen LogP contribution >= 0.6 is 0 Å². The summed E-state index contributed by atoms with van der Waals surface area (Å²) in [7, 11) is 0. The summed E-state index contributed by atoms with van der Waals surface area (Å²) in [6.45, 7) is 11.2. The third-order valence-electron chi connectivity index (χ3n) is 5.14. The molecule has 1 amide bonds. The van der Waals surface area contributed by atoms with Gasteiger partial charge in [-0.25, -0.2) is 0 Å². The second-order valence-corrected chi connectivity index (χ2v) is 8.03. The highest BCUT2D eigenvalue weighted by atomic mass is 16.5. The quantitative estimate of drug-likeness (QED) is 0.842. The van der Waals surface area contributed by atoms with Crippen LogP contribution in [0, 0.1) is 18.8 Å². The number of carbonyl (C=O) groups is 1. The molecule has 1 unspecified atom stereocenters. The summed E-state index contributed by atoms with van der Waals surface area (Å²) >= 11 is 0. The first kappa shape index (κ1) is 16.5. The fraction of sp³-hybridized carbons (Fsp3) is 0.778. The average molecular weight is 319 g/mol. The SMILES string of the molecule is Cc1cc(C(=O)N2CCOCC(C3CCC3)C2)nn1C(C)(C)C. The van der Waals surface area contributed by atoms with E-state index in [1.807, 2.05) is 22.6 Å². The van der Waals surface area contributed by atoms with Gasteiger partial charge in [-0.05, 0) is 39.7 Å². The second kappa shape index (κ2) is 6.27. The van der Waals surface area contributed by atoms with E-state index in [0.29, 0.717) is 24.8 Å². The number of hydrogen-bond acceptors (Lipinski definition) is 3. The molecule has 2 fully saturated rings. The molecule has 128 valence electrons. The van der Waals surface area contributed by atoms with E-state index in [4.69, 9.17) is 4.74 Å². The highest BCUT2D eigenvalue weighted by Crippen LogP contribution is 2.35. The molecule has 0 aromatic carbocycles. The Balaban J connectivity index is 1.76. The third kappa shape index (κ3) is 3.44. The monoisotopic (exact) mass is 319 g/mol. The maximum atomic E-state index is 12.9. The summed E-state index contributed by atoms with van der Waals surface area (Å²) in [5.74, 6) is 1.27. The predicted octanol–water partition coefficient (Wildman–Crippen LogP) is 2.84. The maximum absolute atomic E-state index is 12.9. The fourth-order valence-corrected chi connectivity index (χ4v) is 3.64. The highest BCUT2D eigenvalue weighted by molar-refractivity contribution is 5.92. The van der Waals surface area contributed by atoms with Crippen molar-refractivity contribution in [1.29, 1.82) is 0 Å². The summed E-state index contributed by atoms with van der Waals surface area (Å²) in [6, 6.07) is 1.91. The van der Waals surface area contributed by atoms with Gasteiger partial charge in [0.25, 0.3) is 5.91 Å². The Kier molecular flexibility index (Phi) is 4.50. The summed E-state index contributed by atoms with van der Waals surface area (Å²) in [5.41, 5.74) is 1.48. The Hall–Kier alpha value is -1.36. The van der Waals surface area contributed by atoms with Gasteiger partial charge in [-0.3, -0.25) is 9.48 Å². The fourth-order valence-electron chi connectivity index (χ4n) is 3.64. The molecule has 1 atom stereocenters. The van der Waals surface area contributed by atoms with Crippen LogP contribution in [0.1, 0.15) is 56.2 Å². The number of aryl methyl sites for hydroxylation is 1. The van der Waals surface area contributed by atoms with Crippen molar-refractivity contribution < 1.29 is 9.53 Å². The summed E-state index contributed by atoms with van der Waals surface area (Å²) in [4.78, 5) is 14.9. The van der Waals surface area contributed by atoms with Crippen LogP contribution in [-0.4, -0.2) is 46.9 Å². The normalized spacial score (nSPS) is 23.5. The first-order valence-corrected chi connectivity index (χ1v) is 8.80. The smallest absolute Gasteiger partial charge is 0.274 e. The summed E-state index contributed by atoms with van der Waals surface area (Å²) in [6.07, 6.45) is 3.89. The lowest BCUT2D eigenvalue weighted by molar-refractivity contribution is 0.0681. The van der Waals surface area contributed by atoms with Crippen LogP contribution in [-0.2, 0) is 10.3 Å². The average Bonchev–Trinajstić information content (AvgIpc) is 2.65. The number of rotatable bonds is 2. The minimum absolute atomic E-state index is 0.0472. The van der Waals surface area contributed by atoms with Crippen LogP contribution in [0.15, 0.2) is 6.07 Å². The molecule has 3 rings (SSSR count). The van der Waals surface area contributed by atoms with Gasteiger partial charge in [-0.2, -0.15) is 5.10 Å². The molecule has 0 N–H and O–H groups in total. The molecule has 2 heterocycles. The zero-order chi connectivity index (χ0) is 16.6.